The summed E-state index contributed by atoms with van der Waals surface area (Å²) in [5.41, 5.74) is 0. The van der Waals surface area contributed by atoms with Gasteiger partial charge in [0.1, 0.15) is 54.9 Å². The summed E-state index contributed by atoms with van der Waals surface area (Å²) in [5.74, 6) is -3.22. The van der Waals surface area contributed by atoms with E-state index >= 15 is 0 Å². The molecule has 11 heteroatoms. The van der Waals surface area contributed by atoms with Gasteiger partial charge in [-0.25, -0.2) is 0 Å². The second-order valence-corrected chi connectivity index (χ2v) is 5.59. The first-order valence-electron chi connectivity index (χ1n) is 7.43. The molecule has 0 bridgehead atoms. The Kier molecular flexibility index (Phi) is 5.15. The van der Waals surface area contributed by atoms with Crippen LogP contribution in [0.3, 0.4) is 0 Å². The van der Waals surface area contributed by atoms with Crippen LogP contribution >= 0.6 is 0 Å². The number of hydrogen-bond acceptors (Lipinski definition) is 11. The van der Waals surface area contributed by atoms with Gasteiger partial charge in [0.05, 0.1) is 14.6 Å². The van der Waals surface area contributed by atoms with Crippen molar-refractivity contribution in [3.63, 3.8) is 0 Å². The average Bonchev–Trinajstić information content (AvgIpc) is 2.57. The Bertz CT molecular complexity index is 411. The number of hydrogen-bond donors (Lipinski definition) is 9. The van der Waals surface area contributed by atoms with Gasteiger partial charge in [0.25, 0.3) is 0 Å². The highest BCUT2D eigenvalue weighted by Crippen LogP contribution is 2.37. The lowest BCUT2D eigenvalue weighted by Crippen LogP contribution is -2.75. The van der Waals surface area contributed by atoms with Gasteiger partial charge in [0, 0.05) is 0 Å². The lowest BCUT2D eigenvalue weighted by Gasteiger charge is -2.52. The van der Waals surface area contributed by atoms with Gasteiger partial charge in [-0.3, -0.25) is 0 Å². The maximum absolute atomic E-state index is 10.6. The second-order valence-electron chi connectivity index (χ2n) is 5.59. The smallest absolute Gasteiger partial charge is 0.225 e. The van der Waals surface area contributed by atoms with Crippen LogP contribution in [0.1, 0.15) is 1.37 Å². The third-order valence-electron chi connectivity index (χ3n) is 4.10. The molecule has 0 radical (unpaired) electrons. The summed E-state index contributed by atoms with van der Waals surface area (Å²) in [6.45, 7) is -1.83. The largest absolute Gasteiger partial charge is 0.394 e. The molecule has 2 aliphatic rings. The highest BCUT2D eigenvalue weighted by Gasteiger charge is 2.62. The van der Waals surface area contributed by atoms with E-state index < -0.39 is 73.9 Å². The molecule has 11 nitrogen and oxygen atoms in total. The SMILES string of the molecule is [2H]C1(C2(O)O[C@H](CO)[C@@H](O)[C@H](O)[C@@H]2O)O[C@H](CO)[C@@H](O)[C@H](O)[C@H]1O. The van der Waals surface area contributed by atoms with Crippen LogP contribution in [0.2, 0.25) is 0 Å². The fraction of sp³-hybridized carbons (Fsp3) is 1.00. The van der Waals surface area contributed by atoms with Crippen LogP contribution in [0.5, 0.6) is 0 Å². The van der Waals surface area contributed by atoms with Crippen LogP contribution in [0.15, 0.2) is 0 Å². The molecule has 136 valence electrons. The molecule has 0 aromatic carbocycles. The minimum atomic E-state index is -3.22. The molecule has 0 aromatic rings. The number of aliphatic hydroxyl groups excluding tert-OH is 8. The molecule has 2 aliphatic heterocycles. The van der Waals surface area contributed by atoms with Gasteiger partial charge in [0.15, 0.2) is 0 Å². The Balaban J connectivity index is 2.45. The summed E-state index contributed by atoms with van der Waals surface area (Å²) in [6.07, 6.45) is -18.9. The molecule has 2 rings (SSSR count). The van der Waals surface area contributed by atoms with Crippen molar-refractivity contribution in [3.05, 3.63) is 0 Å². The summed E-state index contributed by atoms with van der Waals surface area (Å²) in [4.78, 5) is 0. The summed E-state index contributed by atoms with van der Waals surface area (Å²) in [5, 5.41) is 88.1. The van der Waals surface area contributed by atoms with E-state index in [0.717, 1.165) is 0 Å². The van der Waals surface area contributed by atoms with Crippen LogP contribution in [-0.2, 0) is 9.47 Å². The van der Waals surface area contributed by atoms with Crippen molar-refractivity contribution in [2.75, 3.05) is 13.2 Å². The standard InChI is InChI=1S/C12H22O11/c13-1-3-5(15)7(17)9(19)11(22-3)12(21)10(20)8(18)6(16)4(2-14)23-12/h3-11,13-21H,1-2H2/t3-,4-,5-,6-,7+,8+,9-,10+,11?,12?/m1/s1/i11D. The molecule has 0 aliphatic carbocycles. The maximum atomic E-state index is 10.6. The summed E-state index contributed by atoms with van der Waals surface area (Å²) < 4.78 is 18.0. The predicted octanol–water partition coefficient (Wildman–Crippen LogP) is -6.01. The monoisotopic (exact) mass is 343 g/mol. The number of rotatable bonds is 3. The molecule has 0 aromatic heterocycles. The van der Waals surface area contributed by atoms with Gasteiger partial charge in [0.2, 0.25) is 5.79 Å². The highest BCUT2D eigenvalue weighted by molar-refractivity contribution is 5.05. The maximum Gasteiger partial charge on any atom is 0.225 e. The molecular weight excluding hydrogens is 320 g/mol. The molecule has 0 saturated carbocycles. The zero-order chi connectivity index (χ0) is 18.4. The van der Waals surface area contributed by atoms with E-state index in [-0.39, 0.29) is 0 Å². The minimum absolute atomic E-state index is 0.910. The normalized spacial score (nSPS) is 58.7. The van der Waals surface area contributed by atoms with Crippen molar-refractivity contribution in [3.8, 4) is 0 Å². The van der Waals surface area contributed by atoms with Crippen molar-refractivity contribution in [1.82, 2.24) is 0 Å². The third-order valence-corrected chi connectivity index (χ3v) is 4.10. The predicted molar refractivity (Wildman–Crippen MR) is 68.7 cm³/mol. The topological polar surface area (TPSA) is 201 Å². The second kappa shape index (κ2) is 6.82. The van der Waals surface area contributed by atoms with E-state index in [1.54, 1.807) is 0 Å². The molecule has 2 heterocycles. The van der Waals surface area contributed by atoms with E-state index in [9.17, 15) is 35.7 Å². The van der Waals surface area contributed by atoms with Crippen molar-refractivity contribution < 1.29 is 56.8 Å². The van der Waals surface area contributed by atoms with Crippen LogP contribution in [0.25, 0.3) is 0 Å². The zero-order valence-corrected chi connectivity index (χ0v) is 11.9. The van der Waals surface area contributed by atoms with Gasteiger partial charge in [-0.1, -0.05) is 0 Å². The van der Waals surface area contributed by atoms with Crippen LogP contribution in [-0.4, -0.2) is 120 Å². The van der Waals surface area contributed by atoms with Gasteiger partial charge in [-0.15, -0.1) is 0 Å². The Morgan fingerprint density at radius 2 is 1.30 bits per heavy atom. The summed E-state index contributed by atoms with van der Waals surface area (Å²) in [7, 11) is 0. The van der Waals surface area contributed by atoms with Crippen LogP contribution in [0, 0.1) is 0 Å². The lowest BCUT2D eigenvalue weighted by atomic mass is 9.83. The van der Waals surface area contributed by atoms with E-state index in [4.69, 9.17) is 21.1 Å². The van der Waals surface area contributed by atoms with Gasteiger partial charge >= 0.3 is 0 Å². The fourth-order valence-electron chi connectivity index (χ4n) is 2.66. The van der Waals surface area contributed by atoms with Gasteiger partial charge in [-0.2, -0.15) is 0 Å². The Labute approximate surface area is 132 Å². The van der Waals surface area contributed by atoms with Crippen molar-refractivity contribution in [2.45, 2.75) is 60.7 Å². The first kappa shape index (κ1) is 17.4. The van der Waals surface area contributed by atoms with Crippen molar-refractivity contribution >= 4 is 0 Å². The molecule has 0 spiro atoms. The Morgan fingerprint density at radius 3 is 1.83 bits per heavy atom. The fourth-order valence-corrected chi connectivity index (χ4v) is 2.66. The lowest BCUT2D eigenvalue weighted by molar-refractivity contribution is -0.406. The molecule has 2 saturated heterocycles. The Hall–Kier alpha value is -0.440. The molecule has 23 heavy (non-hydrogen) atoms. The summed E-state index contributed by atoms with van der Waals surface area (Å²) >= 11 is 0. The molecule has 2 fully saturated rings. The summed E-state index contributed by atoms with van der Waals surface area (Å²) in [6, 6.07) is 0. The first-order valence-corrected chi connectivity index (χ1v) is 6.93. The number of aliphatic hydroxyl groups is 9. The van der Waals surface area contributed by atoms with E-state index in [1.165, 1.54) is 0 Å². The average molecular weight is 343 g/mol. The van der Waals surface area contributed by atoms with E-state index in [0.29, 0.717) is 0 Å². The molecule has 2 unspecified atom stereocenters. The third kappa shape index (κ3) is 2.99. The van der Waals surface area contributed by atoms with Gasteiger partial charge < -0.3 is 55.4 Å². The quantitative estimate of drug-likeness (QED) is 0.236. The van der Waals surface area contributed by atoms with Crippen molar-refractivity contribution in [1.29, 1.82) is 0 Å². The molecule has 9 N–H and O–H groups in total. The highest BCUT2D eigenvalue weighted by atomic mass is 16.7. The van der Waals surface area contributed by atoms with Crippen molar-refractivity contribution in [2.24, 2.45) is 0 Å². The molecular formula is C12H22O11. The molecule has 0 amide bonds. The van der Waals surface area contributed by atoms with Gasteiger partial charge in [-0.05, 0) is 0 Å². The minimum Gasteiger partial charge on any atom is -0.394 e. The van der Waals surface area contributed by atoms with Crippen LogP contribution < -0.4 is 0 Å². The van der Waals surface area contributed by atoms with E-state index in [2.05, 4.69) is 0 Å². The number of ether oxygens (including phenoxy) is 2. The van der Waals surface area contributed by atoms with E-state index in [1.807, 2.05) is 0 Å². The molecule has 10 atom stereocenters. The zero-order valence-electron chi connectivity index (χ0n) is 12.9. The Morgan fingerprint density at radius 1 is 0.783 bits per heavy atom. The van der Waals surface area contributed by atoms with Crippen LogP contribution in [0.4, 0.5) is 0 Å². The first-order chi connectivity index (χ1) is 11.0.